The quantitative estimate of drug-likeness (QED) is 0.783. The highest BCUT2D eigenvalue weighted by Crippen LogP contribution is 2.24. The number of morpholine rings is 1. The summed E-state index contributed by atoms with van der Waals surface area (Å²) in [5.74, 6) is 1.02. The molecule has 1 fully saturated rings. The van der Waals surface area contributed by atoms with Gasteiger partial charge in [-0.3, -0.25) is 0 Å². The minimum Gasteiger partial charge on any atom is -0.378 e. The molecule has 4 rings (SSSR count). The van der Waals surface area contributed by atoms with Gasteiger partial charge >= 0.3 is 0 Å². The summed E-state index contributed by atoms with van der Waals surface area (Å²) in [5.41, 5.74) is 4.29. The van der Waals surface area contributed by atoms with Crippen LogP contribution in [0.5, 0.6) is 0 Å². The second-order valence-corrected chi connectivity index (χ2v) is 5.14. The molecule has 5 nitrogen and oxygen atoms in total. The van der Waals surface area contributed by atoms with Crippen LogP contribution in [0.2, 0.25) is 0 Å². The summed E-state index contributed by atoms with van der Waals surface area (Å²) in [6.45, 7) is 3.37. The lowest BCUT2D eigenvalue weighted by atomic mass is 10.1. The first kappa shape index (κ1) is 12.3. The van der Waals surface area contributed by atoms with E-state index in [2.05, 4.69) is 44.1 Å². The standard InChI is InChI=1S/C16H16N4O/c1-3-14-15(19-11-18-14)9-12(1)13-2-4-16(17-10-13)20-5-7-21-8-6-20/h1-4,9-11H,5-8H2,(H,18,19). The third-order valence-corrected chi connectivity index (χ3v) is 3.84. The topological polar surface area (TPSA) is 54.0 Å². The van der Waals surface area contributed by atoms with Crippen LogP contribution in [0, 0.1) is 0 Å². The van der Waals surface area contributed by atoms with Crippen LogP contribution in [-0.2, 0) is 4.74 Å². The number of hydrogen-bond donors (Lipinski definition) is 1. The fraction of sp³-hybridized carbons (Fsp3) is 0.250. The highest BCUT2D eigenvalue weighted by molar-refractivity contribution is 5.81. The molecule has 0 bridgehead atoms. The van der Waals surface area contributed by atoms with Crippen molar-refractivity contribution in [3.63, 3.8) is 0 Å². The molecule has 1 N–H and O–H groups in total. The Labute approximate surface area is 122 Å². The molecule has 1 saturated heterocycles. The van der Waals surface area contributed by atoms with Crippen molar-refractivity contribution in [2.75, 3.05) is 31.2 Å². The van der Waals surface area contributed by atoms with Gasteiger partial charge in [-0.2, -0.15) is 0 Å². The third-order valence-electron chi connectivity index (χ3n) is 3.84. The van der Waals surface area contributed by atoms with Crippen LogP contribution in [0.3, 0.4) is 0 Å². The number of aromatic nitrogens is 3. The maximum absolute atomic E-state index is 5.37. The van der Waals surface area contributed by atoms with Crippen LogP contribution < -0.4 is 4.90 Å². The average molecular weight is 280 g/mol. The van der Waals surface area contributed by atoms with E-state index in [0.29, 0.717) is 0 Å². The number of fused-ring (bicyclic) bond motifs is 1. The molecular formula is C16H16N4O. The molecule has 0 amide bonds. The summed E-state index contributed by atoms with van der Waals surface area (Å²) in [4.78, 5) is 14.2. The van der Waals surface area contributed by atoms with E-state index >= 15 is 0 Å². The van der Waals surface area contributed by atoms with Gasteiger partial charge < -0.3 is 14.6 Å². The first-order chi connectivity index (χ1) is 10.4. The summed E-state index contributed by atoms with van der Waals surface area (Å²) in [5, 5.41) is 0. The summed E-state index contributed by atoms with van der Waals surface area (Å²) >= 11 is 0. The number of imidazole rings is 1. The van der Waals surface area contributed by atoms with E-state index < -0.39 is 0 Å². The van der Waals surface area contributed by atoms with Crippen molar-refractivity contribution in [2.45, 2.75) is 0 Å². The predicted octanol–water partition coefficient (Wildman–Crippen LogP) is 2.46. The zero-order valence-corrected chi connectivity index (χ0v) is 11.6. The minimum atomic E-state index is 0.778. The Morgan fingerprint density at radius 1 is 1.00 bits per heavy atom. The first-order valence-electron chi connectivity index (χ1n) is 7.12. The molecule has 5 heteroatoms. The molecule has 2 aromatic heterocycles. The molecule has 0 atom stereocenters. The van der Waals surface area contributed by atoms with Crippen molar-refractivity contribution in [3.8, 4) is 11.1 Å². The maximum Gasteiger partial charge on any atom is 0.128 e. The van der Waals surface area contributed by atoms with Crippen LogP contribution in [0.1, 0.15) is 0 Å². The number of rotatable bonds is 2. The number of H-pyrrole nitrogens is 1. The SMILES string of the molecule is c1nc2ccc(-c3ccc(N4CCOCC4)nc3)cc2[nH]1. The highest BCUT2D eigenvalue weighted by atomic mass is 16.5. The minimum absolute atomic E-state index is 0.778. The van der Waals surface area contributed by atoms with E-state index in [1.54, 1.807) is 6.33 Å². The molecule has 0 unspecified atom stereocenters. The van der Waals surface area contributed by atoms with Gasteiger partial charge in [0.1, 0.15) is 5.82 Å². The molecule has 1 aliphatic heterocycles. The van der Waals surface area contributed by atoms with E-state index in [0.717, 1.165) is 54.3 Å². The lowest BCUT2D eigenvalue weighted by Gasteiger charge is -2.27. The number of nitrogens with zero attached hydrogens (tertiary/aromatic N) is 3. The summed E-state index contributed by atoms with van der Waals surface area (Å²) < 4.78 is 5.37. The summed E-state index contributed by atoms with van der Waals surface area (Å²) in [7, 11) is 0. The van der Waals surface area contributed by atoms with Gasteiger partial charge in [-0.1, -0.05) is 6.07 Å². The molecule has 106 valence electrons. The smallest absolute Gasteiger partial charge is 0.128 e. The molecule has 0 spiro atoms. The number of benzene rings is 1. The summed E-state index contributed by atoms with van der Waals surface area (Å²) in [6.07, 6.45) is 3.65. The van der Waals surface area contributed by atoms with E-state index in [1.165, 1.54) is 0 Å². The van der Waals surface area contributed by atoms with Crippen molar-refractivity contribution < 1.29 is 4.74 Å². The van der Waals surface area contributed by atoms with Gasteiger partial charge in [0.25, 0.3) is 0 Å². The van der Waals surface area contributed by atoms with E-state index in [1.807, 2.05) is 12.3 Å². The van der Waals surface area contributed by atoms with Crippen LogP contribution in [0.25, 0.3) is 22.2 Å². The number of hydrogen-bond acceptors (Lipinski definition) is 4. The van der Waals surface area contributed by atoms with Crippen LogP contribution in [0.15, 0.2) is 42.9 Å². The van der Waals surface area contributed by atoms with Gasteiger partial charge in [0.2, 0.25) is 0 Å². The molecule has 1 aromatic carbocycles. The van der Waals surface area contributed by atoms with E-state index in [-0.39, 0.29) is 0 Å². The third kappa shape index (κ3) is 2.36. The van der Waals surface area contributed by atoms with Gasteiger partial charge in [0.15, 0.2) is 0 Å². The number of nitrogens with one attached hydrogen (secondary N) is 1. The maximum atomic E-state index is 5.37. The lowest BCUT2D eigenvalue weighted by molar-refractivity contribution is 0.122. The Bertz CT molecular complexity index is 744. The average Bonchev–Trinajstić information content (AvgIpc) is 3.03. The molecule has 0 saturated carbocycles. The van der Waals surface area contributed by atoms with Gasteiger partial charge in [0, 0.05) is 24.8 Å². The zero-order chi connectivity index (χ0) is 14.1. The number of aromatic amines is 1. The fourth-order valence-corrected chi connectivity index (χ4v) is 2.65. The molecule has 1 aliphatic rings. The predicted molar refractivity (Wildman–Crippen MR) is 82.4 cm³/mol. The molecular weight excluding hydrogens is 264 g/mol. The second-order valence-electron chi connectivity index (χ2n) is 5.14. The summed E-state index contributed by atoms with van der Waals surface area (Å²) in [6, 6.07) is 10.4. The Balaban J connectivity index is 1.62. The fourth-order valence-electron chi connectivity index (χ4n) is 2.65. The van der Waals surface area contributed by atoms with E-state index in [4.69, 9.17) is 4.74 Å². The molecule has 0 radical (unpaired) electrons. The Hall–Kier alpha value is -2.40. The van der Waals surface area contributed by atoms with Crippen molar-refractivity contribution in [1.82, 2.24) is 15.0 Å². The van der Waals surface area contributed by atoms with Crippen molar-refractivity contribution in [1.29, 1.82) is 0 Å². The van der Waals surface area contributed by atoms with Crippen LogP contribution in [-0.4, -0.2) is 41.3 Å². The second kappa shape index (κ2) is 5.18. The van der Waals surface area contributed by atoms with E-state index in [9.17, 15) is 0 Å². The van der Waals surface area contributed by atoms with Crippen LogP contribution in [0.4, 0.5) is 5.82 Å². The van der Waals surface area contributed by atoms with Gasteiger partial charge in [-0.15, -0.1) is 0 Å². The number of anilines is 1. The normalized spacial score (nSPS) is 15.5. The lowest BCUT2D eigenvalue weighted by Crippen LogP contribution is -2.36. The zero-order valence-electron chi connectivity index (χ0n) is 11.6. The van der Waals surface area contributed by atoms with Crippen LogP contribution >= 0.6 is 0 Å². The molecule has 3 heterocycles. The first-order valence-corrected chi connectivity index (χ1v) is 7.12. The van der Waals surface area contributed by atoms with Crippen molar-refractivity contribution in [2.24, 2.45) is 0 Å². The van der Waals surface area contributed by atoms with Gasteiger partial charge in [0.05, 0.1) is 30.6 Å². The Morgan fingerprint density at radius 2 is 1.86 bits per heavy atom. The highest BCUT2D eigenvalue weighted by Gasteiger charge is 2.12. The largest absolute Gasteiger partial charge is 0.378 e. The number of ether oxygens (including phenoxy) is 1. The Kier molecular flexibility index (Phi) is 3.05. The van der Waals surface area contributed by atoms with Crippen molar-refractivity contribution >= 4 is 16.9 Å². The molecule has 0 aliphatic carbocycles. The van der Waals surface area contributed by atoms with Crippen molar-refractivity contribution in [3.05, 3.63) is 42.9 Å². The van der Waals surface area contributed by atoms with Gasteiger partial charge in [-0.05, 0) is 29.8 Å². The van der Waals surface area contributed by atoms with Gasteiger partial charge in [-0.25, -0.2) is 9.97 Å². The molecule has 3 aromatic rings. The number of pyridine rings is 1. The molecule has 21 heavy (non-hydrogen) atoms. The monoisotopic (exact) mass is 280 g/mol. The Morgan fingerprint density at radius 3 is 2.67 bits per heavy atom.